The van der Waals surface area contributed by atoms with Crippen molar-refractivity contribution in [1.82, 2.24) is 9.47 Å². The van der Waals surface area contributed by atoms with Crippen molar-refractivity contribution >= 4 is 10.9 Å². The maximum absolute atomic E-state index is 10.7. The molecule has 4 heteroatoms. The molecule has 0 saturated carbocycles. The quantitative estimate of drug-likeness (QED) is 0.702. The lowest BCUT2D eigenvalue weighted by atomic mass is 9.89. The largest absolute Gasteiger partial charge is 0.491 e. The number of fused-ring (bicyclic) bond motifs is 3. The van der Waals surface area contributed by atoms with Crippen molar-refractivity contribution in [2.24, 2.45) is 0 Å². The molecule has 3 aromatic rings. The van der Waals surface area contributed by atoms with Gasteiger partial charge >= 0.3 is 0 Å². The summed E-state index contributed by atoms with van der Waals surface area (Å²) in [7, 11) is 0. The monoisotopic (exact) mass is 390 g/mol. The van der Waals surface area contributed by atoms with E-state index in [1.54, 1.807) is 0 Å². The Bertz CT molecular complexity index is 1020. The minimum absolute atomic E-state index is 0.335. The van der Waals surface area contributed by atoms with Crippen LogP contribution < -0.4 is 4.74 Å². The standard InChI is InChI=1S/C25H30N2O2/c1-17-6-9-20(10-7-17)29-16-19(28)15-26-12-13-27-23-11-8-18(2)14-22(23)21-4-3-5-24(26)25(21)27/h6-11,14,19,24,28H,3-5,12-13,15-16H2,1-2H3/t19-,24-/m1/s1. The fourth-order valence-corrected chi connectivity index (χ4v) is 5.16. The first kappa shape index (κ1) is 18.7. The summed E-state index contributed by atoms with van der Waals surface area (Å²) >= 11 is 0. The van der Waals surface area contributed by atoms with Crippen LogP contribution in [-0.2, 0) is 13.0 Å². The van der Waals surface area contributed by atoms with Gasteiger partial charge < -0.3 is 14.4 Å². The first-order valence-electron chi connectivity index (χ1n) is 10.8. The average molecular weight is 391 g/mol. The zero-order valence-electron chi connectivity index (χ0n) is 17.4. The molecule has 2 heterocycles. The number of aryl methyl sites for hydroxylation is 3. The number of β-amino-alcohol motifs (C(OH)–C–C–N with tert-alkyl or cyclic N) is 1. The van der Waals surface area contributed by atoms with E-state index in [9.17, 15) is 5.11 Å². The number of nitrogens with zero attached hydrogens (tertiary/aromatic N) is 2. The van der Waals surface area contributed by atoms with Crippen LogP contribution in [-0.4, -0.2) is 40.4 Å². The van der Waals surface area contributed by atoms with E-state index in [1.807, 2.05) is 24.3 Å². The highest BCUT2D eigenvalue weighted by molar-refractivity contribution is 5.87. The maximum atomic E-state index is 10.7. The zero-order chi connectivity index (χ0) is 20.0. The van der Waals surface area contributed by atoms with E-state index in [0.29, 0.717) is 19.2 Å². The molecule has 0 unspecified atom stereocenters. The summed E-state index contributed by atoms with van der Waals surface area (Å²) in [6.45, 7) is 7.22. The van der Waals surface area contributed by atoms with Gasteiger partial charge in [-0.1, -0.05) is 29.3 Å². The summed E-state index contributed by atoms with van der Waals surface area (Å²) in [5.74, 6) is 0.823. The van der Waals surface area contributed by atoms with Crippen LogP contribution in [0.15, 0.2) is 42.5 Å². The average Bonchev–Trinajstić information content (AvgIpc) is 3.04. The van der Waals surface area contributed by atoms with Gasteiger partial charge in [0.05, 0.1) is 6.04 Å². The van der Waals surface area contributed by atoms with Crippen LogP contribution in [0.1, 0.15) is 41.3 Å². The number of benzene rings is 2. The lowest BCUT2D eigenvalue weighted by molar-refractivity contribution is 0.0375. The molecule has 0 saturated heterocycles. The van der Waals surface area contributed by atoms with Gasteiger partial charge in [-0.05, 0) is 62.9 Å². The third-order valence-electron chi connectivity index (χ3n) is 6.55. The van der Waals surface area contributed by atoms with E-state index in [-0.39, 0.29) is 0 Å². The maximum Gasteiger partial charge on any atom is 0.119 e. The van der Waals surface area contributed by atoms with Crippen molar-refractivity contribution in [2.45, 2.75) is 51.8 Å². The number of hydrogen-bond donors (Lipinski definition) is 1. The molecular formula is C25H30N2O2. The molecule has 0 radical (unpaired) electrons. The predicted octanol–water partition coefficient (Wildman–Crippen LogP) is 4.39. The molecule has 2 aliphatic rings. The van der Waals surface area contributed by atoms with Gasteiger partial charge in [0.25, 0.3) is 0 Å². The number of hydrogen-bond acceptors (Lipinski definition) is 3. The molecule has 4 nitrogen and oxygen atoms in total. The van der Waals surface area contributed by atoms with Gasteiger partial charge in [-0.25, -0.2) is 0 Å². The molecule has 2 atom stereocenters. The first-order chi connectivity index (χ1) is 14.1. The summed E-state index contributed by atoms with van der Waals surface area (Å²) in [4.78, 5) is 2.48. The number of aliphatic hydroxyl groups excluding tert-OH is 1. The number of rotatable bonds is 5. The Morgan fingerprint density at radius 1 is 1.07 bits per heavy atom. The minimum atomic E-state index is -0.486. The third kappa shape index (κ3) is 3.45. The van der Waals surface area contributed by atoms with Crippen molar-refractivity contribution in [1.29, 1.82) is 0 Å². The Kier molecular flexibility index (Phi) is 4.84. The van der Waals surface area contributed by atoms with Crippen LogP contribution in [0.5, 0.6) is 5.75 Å². The van der Waals surface area contributed by atoms with Crippen molar-refractivity contribution in [3.8, 4) is 5.75 Å². The Labute approximate surface area is 172 Å². The van der Waals surface area contributed by atoms with E-state index in [4.69, 9.17) is 4.74 Å². The molecule has 0 bridgehead atoms. The lowest BCUT2D eigenvalue weighted by Crippen LogP contribution is -2.44. The second-order valence-corrected chi connectivity index (χ2v) is 8.72. The van der Waals surface area contributed by atoms with Gasteiger partial charge in [-0.3, -0.25) is 4.90 Å². The molecular weight excluding hydrogens is 360 g/mol. The molecule has 29 heavy (non-hydrogen) atoms. The Morgan fingerprint density at radius 2 is 1.86 bits per heavy atom. The predicted molar refractivity (Wildman–Crippen MR) is 117 cm³/mol. The number of aliphatic hydroxyl groups is 1. The second-order valence-electron chi connectivity index (χ2n) is 8.72. The van der Waals surface area contributed by atoms with E-state index in [0.717, 1.165) is 18.8 Å². The van der Waals surface area contributed by atoms with Crippen LogP contribution in [0.3, 0.4) is 0 Å². The van der Waals surface area contributed by atoms with E-state index in [1.165, 1.54) is 52.5 Å². The smallest absolute Gasteiger partial charge is 0.119 e. The number of aromatic nitrogens is 1. The van der Waals surface area contributed by atoms with E-state index < -0.39 is 6.10 Å². The highest BCUT2D eigenvalue weighted by Gasteiger charge is 2.35. The van der Waals surface area contributed by atoms with Gasteiger partial charge in [-0.15, -0.1) is 0 Å². The molecule has 1 aromatic heterocycles. The molecule has 1 aliphatic heterocycles. The van der Waals surface area contributed by atoms with Gasteiger partial charge in [0.2, 0.25) is 0 Å². The van der Waals surface area contributed by atoms with E-state index >= 15 is 0 Å². The van der Waals surface area contributed by atoms with E-state index in [2.05, 4.69) is 41.5 Å². The molecule has 0 amide bonds. The van der Waals surface area contributed by atoms with Crippen molar-refractivity contribution < 1.29 is 9.84 Å². The van der Waals surface area contributed by atoms with Gasteiger partial charge in [0.1, 0.15) is 18.5 Å². The molecule has 1 N–H and O–H groups in total. The van der Waals surface area contributed by atoms with Crippen LogP contribution in [0.25, 0.3) is 10.9 Å². The summed E-state index contributed by atoms with van der Waals surface area (Å²) in [6, 6.07) is 15.3. The third-order valence-corrected chi connectivity index (χ3v) is 6.55. The molecule has 1 aliphatic carbocycles. The molecule has 0 spiro atoms. The highest BCUT2D eigenvalue weighted by Crippen LogP contribution is 2.42. The normalized spacial score (nSPS) is 19.9. The van der Waals surface area contributed by atoms with Crippen molar-refractivity contribution in [3.63, 3.8) is 0 Å². The Balaban J connectivity index is 1.33. The highest BCUT2D eigenvalue weighted by atomic mass is 16.5. The van der Waals surface area contributed by atoms with Crippen LogP contribution in [0.2, 0.25) is 0 Å². The lowest BCUT2D eigenvalue weighted by Gasteiger charge is -2.40. The fourth-order valence-electron chi connectivity index (χ4n) is 5.16. The minimum Gasteiger partial charge on any atom is -0.491 e. The zero-order valence-corrected chi connectivity index (χ0v) is 17.4. The van der Waals surface area contributed by atoms with Crippen molar-refractivity contribution in [3.05, 3.63) is 64.8 Å². The van der Waals surface area contributed by atoms with Crippen LogP contribution in [0.4, 0.5) is 0 Å². The van der Waals surface area contributed by atoms with Gasteiger partial charge in [0.15, 0.2) is 0 Å². The summed E-state index contributed by atoms with van der Waals surface area (Å²) < 4.78 is 8.36. The summed E-state index contributed by atoms with van der Waals surface area (Å²) in [6.07, 6.45) is 3.08. The molecule has 5 rings (SSSR count). The molecule has 0 fully saturated rings. The second kappa shape index (κ2) is 7.51. The first-order valence-corrected chi connectivity index (χ1v) is 10.8. The molecule has 152 valence electrons. The van der Waals surface area contributed by atoms with Crippen LogP contribution >= 0.6 is 0 Å². The Hall–Kier alpha value is -2.30. The van der Waals surface area contributed by atoms with Crippen molar-refractivity contribution in [2.75, 3.05) is 19.7 Å². The van der Waals surface area contributed by atoms with Crippen LogP contribution in [0, 0.1) is 13.8 Å². The number of ether oxygens (including phenoxy) is 1. The fraction of sp³-hybridized carbons (Fsp3) is 0.440. The Morgan fingerprint density at radius 3 is 2.69 bits per heavy atom. The summed E-state index contributed by atoms with van der Waals surface area (Å²) in [5, 5.41) is 12.1. The summed E-state index contributed by atoms with van der Waals surface area (Å²) in [5.41, 5.74) is 6.96. The van der Waals surface area contributed by atoms with Gasteiger partial charge in [-0.2, -0.15) is 0 Å². The molecule has 2 aromatic carbocycles. The van der Waals surface area contributed by atoms with Gasteiger partial charge in [0, 0.05) is 36.2 Å². The topological polar surface area (TPSA) is 37.6 Å². The SMILES string of the molecule is Cc1ccc(OC[C@H](O)CN2CCn3c4c(c5cc(C)ccc53)CCC[C@H]42)cc1.